The summed E-state index contributed by atoms with van der Waals surface area (Å²) in [6, 6.07) is 18.3. The van der Waals surface area contributed by atoms with E-state index in [1.807, 2.05) is 43.3 Å². The molecular weight excluding hydrogens is 324 g/mol. The van der Waals surface area contributed by atoms with Crippen LogP contribution in [0.2, 0.25) is 5.02 Å². The van der Waals surface area contributed by atoms with Crippen LogP contribution in [0.3, 0.4) is 0 Å². The largest absolute Gasteiger partial charge is 0.455 e. The summed E-state index contributed by atoms with van der Waals surface area (Å²) in [7, 11) is 0. The quantitative estimate of drug-likeness (QED) is 0.555. The summed E-state index contributed by atoms with van der Waals surface area (Å²) in [6.07, 6.45) is 1.47. The molecule has 0 saturated carbocycles. The molecule has 1 heterocycles. The van der Waals surface area contributed by atoms with E-state index in [1.54, 1.807) is 24.3 Å². The normalized spacial score (nSPS) is 10.9. The number of furan rings is 1. The van der Waals surface area contributed by atoms with Crippen LogP contribution in [0.25, 0.3) is 11.3 Å². The number of amides is 1. The van der Waals surface area contributed by atoms with Crippen molar-refractivity contribution in [2.75, 3.05) is 0 Å². The van der Waals surface area contributed by atoms with E-state index in [0.717, 1.165) is 11.1 Å². The third kappa shape index (κ3) is 3.73. The Morgan fingerprint density at radius 2 is 1.83 bits per heavy atom. The summed E-state index contributed by atoms with van der Waals surface area (Å²) in [5.41, 5.74) is 4.91. The molecule has 0 saturated heterocycles. The number of benzene rings is 2. The second-order valence-electron chi connectivity index (χ2n) is 5.22. The highest BCUT2D eigenvalue weighted by atomic mass is 35.5. The van der Waals surface area contributed by atoms with Gasteiger partial charge in [0.15, 0.2) is 0 Å². The van der Waals surface area contributed by atoms with E-state index in [0.29, 0.717) is 22.1 Å². The first-order valence-corrected chi connectivity index (χ1v) is 7.76. The first kappa shape index (κ1) is 16.0. The van der Waals surface area contributed by atoms with Crippen molar-refractivity contribution < 1.29 is 9.21 Å². The molecule has 0 radical (unpaired) electrons. The lowest BCUT2D eigenvalue weighted by molar-refractivity contribution is 0.0954. The van der Waals surface area contributed by atoms with Crippen LogP contribution in [-0.2, 0) is 0 Å². The van der Waals surface area contributed by atoms with Gasteiger partial charge in [0.25, 0.3) is 5.91 Å². The molecule has 0 bridgehead atoms. The Balaban J connectivity index is 1.66. The Morgan fingerprint density at radius 3 is 2.58 bits per heavy atom. The molecule has 3 rings (SSSR count). The van der Waals surface area contributed by atoms with E-state index in [1.165, 1.54) is 6.21 Å². The first-order chi connectivity index (χ1) is 11.6. The van der Waals surface area contributed by atoms with Crippen LogP contribution in [0, 0.1) is 6.92 Å². The van der Waals surface area contributed by atoms with Gasteiger partial charge in [-0.25, -0.2) is 5.43 Å². The van der Waals surface area contributed by atoms with Crippen molar-refractivity contribution in [2.24, 2.45) is 5.10 Å². The van der Waals surface area contributed by atoms with Crippen molar-refractivity contribution in [2.45, 2.75) is 6.92 Å². The second kappa shape index (κ2) is 7.15. The van der Waals surface area contributed by atoms with Crippen molar-refractivity contribution in [1.82, 2.24) is 5.43 Å². The first-order valence-electron chi connectivity index (χ1n) is 7.38. The summed E-state index contributed by atoms with van der Waals surface area (Å²) in [4.78, 5) is 12.0. The van der Waals surface area contributed by atoms with Crippen LogP contribution in [0.15, 0.2) is 70.2 Å². The predicted octanol–water partition coefficient (Wildman–Crippen LogP) is 4.67. The van der Waals surface area contributed by atoms with Gasteiger partial charge in [-0.2, -0.15) is 5.10 Å². The molecular formula is C19H15ClN2O2. The summed E-state index contributed by atoms with van der Waals surface area (Å²) in [5.74, 6) is 0.997. The Bertz CT molecular complexity index is 882. The molecule has 4 nitrogen and oxygen atoms in total. The molecule has 1 N–H and O–H groups in total. The molecule has 0 aliphatic carbocycles. The average Bonchev–Trinajstić information content (AvgIpc) is 3.04. The number of carbonyl (C=O) groups excluding carboxylic acids is 1. The van der Waals surface area contributed by atoms with E-state index in [-0.39, 0.29) is 5.91 Å². The number of halogens is 1. The molecule has 1 amide bonds. The molecule has 0 aliphatic heterocycles. The summed E-state index contributed by atoms with van der Waals surface area (Å²) >= 11 is 5.87. The molecule has 0 unspecified atom stereocenters. The van der Waals surface area contributed by atoms with E-state index >= 15 is 0 Å². The zero-order valence-corrected chi connectivity index (χ0v) is 13.7. The average molecular weight is 339 g/mol. The second-order valence-corrected chi connectivity index (χ2v) is 5.66. The fraction of sp³-hybridized carbons (Fsp3) is 0.0526. The number of hydrazone groups is 1. The topological polar surface area (TPSA) is 54.6 Å². The van der Waals surface area contributed by atoms with Crippen LogP contribution >= 0.6 is 11.6 Å². The number of rotatable bonds is 4. The molecule has 0 spiro atoms. The number of nitrogens with zero attached hydrogens (tertiary/aromatic N) is 1. The van der Waals surface area contributed by atoms with Crippen molar-refractivity contribution in [3.05, 3.63) is 82.6 Å². The van der Waals surface area contributed by atoms with Gasteiger partial charge in [-0.1, -0.05) is 29.8 Å². The number of aryl methyl sites for hydroxylation is 1. The molecule has 120 valence electrons. The van der Waals surface area contributed by atoms with Gasteiger partial charge in [0.2, 0.25) is 0 Å². The van der Waals surface area contributed by atoms with Crippen LogP contribution in [-0.4, -0.2) is 12.1 Å². The molecule has 5 heteroatoms. The molecule has 0 fully saturated rings. The van der Waals surface area contributed by atoms with E-state index in [9.17, 15) is 4.79 Å². The molecule has 3 aromatic rings. The highest BCUT2D eigenvalue weighted by Gasteiger charge is 2.07. The minimum atomic E-state index is -0.256. The van der Waals surface area contributed by atoms with Crippen molar-refractivity contribution >= 4 is 23.7 Å². The summed E-state index contributed by atoms with van der Waals surface area (Å²) in [6.45, 7) is 1.88. The van der Waals surface area contributed by atoms with Crippen LogP contribution in [0.1, 0.15) is 21.7 Å². The maximum absolute atomic E-state index is 12.0. The fourth-order valence-electron chi connectivity index (χ4n) is 2.23. The summed E-state index contributed by atoms with van der Waals surface area (Å²) < 4.78 is 5.68. The fourth-order valence-corrected chi connectivity index (χ4v) is 2.36. The molecule has 1 aromatic heterocycles. The zero-order valence-electron chi connectivity index (χ0n) is 13.0. The van der Waals surface area contributed by atoms with E-state index in [4.69, 9.17) is 16.0 Å². The summed E-state index contributed by atoms with van der Waals surface area (Å²) in [5, 5.41) is 4.61. The van der Waals surface area contributed by atoms with Crippen LogP contribution in [0.4, 0.5) is 0 Å². The lowest BCUT2D eigenvalue weighted by Gasteiger charge is -2.02. The van der Waals surface area contributed by atoms with Gasteiger partial charge >= 0.3 is 0 Å². The molecule has 0 aliphatic rings. The zero-order chi connectivity index (χ0) is 16.9. The SMILES string of the molecule is Cc1ccccc1C(=O)N/N=C/c1ccc(-c2ccc(Cl)cc2)o1. The van der Waals surface area contributed by atoms with Crippen molar-refractivity contribution in [3.8, 4) is 11.3 Å². The Hall–Kier alpha value is -2.85. The van der Waals surface area contributed by atoms with Gasteiger partial charge in [-0.05, 0) is 55.0 Å². The number of hydrogen-bond donors (Lipinski definition) is 1. The number of carbonyl (C=O) groups is 1. The standard InChI is InChI=1S/C19H15ClN2O2/c1-13-4-2-3-5-17(13)19(23)22-21-12-16-10-11-18(24-16)14-6-8-15(20)9-7-14/h2-12H,1H3,(H,22,23)/b21-12+. The Morgan fingerprint density at radius 1 is 1.08 bits per heavy atom. The molecule has 24 heavy (non-hydrogen) atoms. The highest BCUT2D eigenvalue weighted by Crippen LogP contribution is 2.23. The number of nitrogens with one attached hydrogen (secondary N) is 1. The number of hydrogen-bond acceptors (Lipinski definition) is 3. The molecule has 0 atom stereocenters. The third-order valence-electron chi connectivity index (χ3n) is 3.50. The van der Waals surface area contributed by atoms with E-state index < -0.39 is 0 Å². The van der Waals surface area contributed by atoms with Gasteiger partial charge in [0, 0.05) is 16.1 Å². The van der Waals surface area contributed by atoms with Crippen molar-refractivity contribution in [3.63, 3.8) is 0 Å². The van der Waals surface area contributed by atoms with Crippen LogP contribution in [0.5, 0.6) is 0 Å². The Labute approximate surface area is 144 Å². The van der Waals surface area contributed by atoms with E-state index in [2.05, 4.69) is 10.5 Å². The maximum Gasteiger partial charge on any atom is 0.271 e. The van der Waals surface area contributed by atoms with Gasteiger partial charge in [0.05, 0.1) is 6.21 Å². The minimum absolute atomic E-state index is 0.256. The highest BCUT2D eigenvalue weighted by molar-refractivity contribution is 6.30. The predicted molar refractivity (Wildman–Crippen MR) is 95.4 cm³/mol. The van der Waals surface area contributed by atoms with Gasteiger partial charge in [-0.15, -0.1) is 0 Å². The van der Waals surface area contributed by atoms with Crippen molar-refractivity contribution in [1.29, 1.82) is 0 Å². The monoisotopic (exact) mass is 338 g/mol. The molecule has 2 aromatic carbocycles. The Kier molecular flexibility index (Phi) is 4.77. The smallest absolute Gasteiger partial charge is 0.271 e. The minimum Gasteiger partial charge on any atom is -0.455 e. The van der Waals surface area contributed by atoms with Crippen LogP contribution < -0.4 is 5.43 Å². The van der Waals surface area contributed by atoms with Gasteiger partial charge < -0.3 is 4.42 Å². The van der Waals surface area contributed by atoms with Gasteiger partial charge in [-0.3, -0.25) is 4.79 Å². The van der Waals surface area contributed by atoms with Gasteiger partial charge in [0.1, 0.15) is 11.5 Å². The third-order valence-corrected chi connectivity index (χ3v) is 3.76. The lowest BCUT2D eigenvalue weighted by atomic mass is 10.1. The maximum atomic E-state index is 12.0. The lowest BCUT2D eigenvalue weighted by Crippen LogP contribution is -2.18.